The third kappa shape index (κ3) is 2.85. The summed E-state index contributed by atoms with van der Waals surface area (Å²) in [6.45, 7) is 0. The van der Waals surface area contributed by atoms with Gasteiger partial charge in [-0.1, -0.05) is 5.56 Å². The number of hydrogen-bond acceptors (Lipinski definition) is 2. The summed E-state index contributed by atoms with van der Waals surface area (Å²) in [5.74, 6) is -0.322. The average Bonchev–Trinajstić information content (AvgIpc) is 2.05. The van der Waals surface area contributed by atoms with E-state index in [9.17, 15) is 4.79 Å². The number of rotatable bonds is 1. The molecule has 0 heterocycles. The van der Waals surface area contributed by atoms with Crippen molar-refractivity contribution in [2.24, 2.45) is 0 Å². The fourth-order valence-electron chi connectivity index (χ4n) is 0.638. The van der Waals surface area contributed by atoms with E-state index in [1.165, 1.54) is 7.11 Å². The maximum atomic E-state index is 10.8. The fourth-order valence-corrected chi connectivity index (χ4v) is 0.638. The van der Waals surface area contributed by atoms with Gasteiger partial charge < -0.3 is 4.74 Å². The molecule has 0 unspecified atom stereocenters. The number of hydrogen-bond donors (Lipinski definition) is 0. The van der Waals surface area contributed by atoms with Crippen LogP contribution in [-0.2, 0) is 25.8 Å². The van der Waals surface area contributed by atoms with Crippen LogP contribution in [0.5, 0.6) is 0 Å². The molecule has 0 atom stereocenters. The van der Waals surface area contributed by atoms with Gasteiger partial charge in [-0.15, -0.1) is 0 Å². The molecule has 0 fully saturated rings. The van der Waals surface area contributed by atoms with Gasteiger partial charge in [0.25, 0.3) is 5.97 Å². The zero-order chi connectivity index (χ0) is 7.40. The Hall–Kier alpha value is -0.622. The van der Waals surface area contributed by atoms with E-state index in [-0.39, 0.29) is 27.0 Å². The van der Waals surface area contributed by atoms with Crippen LogP contribution >= 0.6 is 0 Å². The Morgan fingerprint density at radius 1 is 1.64 bits per heavy atom. The molecule has 2 nitrogen and oxygen atoms in total. The summed E-state index contributed by atoms with van der Waals surface area (Å²) >= 11 is 0. The molecule has 3 heteroatoms. The Kier molecular flexibility index (Phi) is 4.80. The Bertz CT molecular complexity index is 221. The molecule has 0 aliphatic rings. The Morgan fingerprint density at radius 3 is 2.82 bits per heavy atom. The van der Waals surface area contributed by atoms with Crippen LogP contribution in [0.15, 0.2) is 24.3 Å². The molecule has 58 valence electrons. The predicted octanol–water partition coefficient (Wildman–Crippen LogP) is 1.27. The van der Waals surface area contributed by atoms with Crippen LogP contribution in [0.2, 0.25) is 0 Å². The number of ether oxygens (including phenoxy) is 1. The predicted molar refractivity (Wildman–Crippen MR) is 36.6 cm³/mol. The van der Waals surface area contributed by atoms with Crippen LogP contribution in [0.3, 0.4) is 0 Å². The van der Waals surface area contributed by atoms with E-state index in [0.717, 1.165) is 0 Å². The molecule has 0 aliphatic heterocycles. The van der Waals surface area contributed by atoms with Crippen molar-refractivity contribution in [1.82, 2.24) is 0 Å². The third-order valence-corrected chi connectivity index (χ3v) is 1.13. The minimum atomic E-state index is -0.322. The van der Waals surface area contributed by atoms with Crippen LogP contribution in [0.4, 0.5) is 0 Å². The van der Waals surface area contributed by atoms with Crippen LogP contribution in [0.1, 0.15) is 10.4 Å². The minimum absolute atomic E-state index is 0. The summed E-state index contributed by atoms with van der Waals surface area (Å²) in [6, 6.07) is 9.52. The standard InChI is InChI=1S/C8H7O2.W/c1-10-8(9)7-5-3-2-4-6-7;/h2-3,5-6H,1H3;/q-1;. The maximum absolute atomic E-state index is 10.8. The van der Waals surface area contributed by atoms with E-state index >= 15 is 0 Å². The van der Waals surface area contributed by atoms with Crippen molar-refractivity contribution in [3.05, 3.63) is 35.9 Å². The molecule has 0 amide bonds. The zero-order valence-electron chi connectivity index (χ0n) is 6.03. The summed E-state index contributed by atoms with van der Waals surface area (Å²) in [4.78, 5) is 10.8. The van der Waals surface area contributed by atoms with E-state index in [1.807, 2.05) is 0 Å². The summed E-state index contributed by atoms with van der Waals surface area (Å²) < 4.78 is 4.48. The summed E-state index contributed by atoms with van der Waals surface area (Å²) in [7, 11) is 1.36. The Balaban J connectivity index is 0.000001000. The first-order chi connectivity index (χ1) is 4.84. The van der Waals surface area contributed by atoms with Gasteiger partial charge in [0.05, 0.1) is 7.11 Å². The topological polar surface area (TPSA) is 26.3 Å². The van der Waals surface area contributed by atoms with Crippen molar-refractivity contribution in [2.45, 2.75) is 0 Å². The summed E-state index contributed by atoms with van der Waals surface area (Å²) in [6.07, 6.45) is 0. The van der Waals surface area contributed by atoms with Gasteiger partial charge in [0, 0.05) is 21.1 Å². The SMILES string of the molecule is COC(=O)c1c[c-]ccc1.[W]. The van der Waals surface area contributed by atoms with E-state index in [0.29, 0.717) is 5.56 Å². The number of methoxy groups -OCH3 is 1. The molecule has 0 saturated carbocycles. The van der Waals surface area contributed by atoms with Gasteiger partial charge in [0.2, 0.25) is 0 Å². The summed E-state index contributed by atoms with van der Waals surface area (Å²) in [5.41, 5.74) is 0.532. The molecule has 11 heavy (non-hydrogen) atoms. The van der Waals surface area contributed by atoms with Crippen LogP contribution in [0.25, 0.3) is 0 Å². The second-order valence-electron chi connectivity index (χ2n) is 1.78. The van der Waals surface area contributed by atoms with Gasteiger partial charge in [-0.25, -0.2) is 0 Å². The fraction of sp³-hybridized carbons (Fsp3) is 0.125. The molecular weight excluding hydrogens is 312 g/mol. The van der Waals surface area contributed by atoms with Gasteiger partial charge in [-0.3, -0.25) is 4.79 Å². The van der Waals surface area contributed by atoms with Crippen LogP contribution < -0.4 is 0 Å². The molecule has 0 bridgehead atoms. The number of benzene rings is 1. The second kappa shape index (κ2) is 5.08. The summed E-state index contributed by atoms with van der Waals surface area (Å²) in [5, 5.41) is 0. The Morgan fingerprint density at radius 2 is 2.36 bits per heavy atom. The van der Waals surface area contributed by atoms with Crippen molar-refractivity contribution in [3.8, 4) is 0 Å². The van der Waals surface area contributed by atoms with Crippen molar-refractivity contribution in [3.63, 3.8) is 0 Å². The molecule has 0 radical (unpaired) electrons. The Labute approximate surface area is 79.8 Å². The van der Waals surface area contributed by atoms with Crippen molar-refractivity contribution in [2.75, 3.05) is 7.11 Å². The van der Waals surface area contributed by atoms with Crippen LogP contribution in [-0.4, -0.2) is 13.1 Å². The zero-order valence-corrected chi connectivity index (χ0v) is 8.97. The smallest absolute Gasteiger partial charge is 0.280 e. The first kappa shape index (κ1) is 10.4. The molecule has 1 aromatic rings. The monoisotopic (exact) mass is 319 g/mol. The minimum Gasteiger partial charge on any atom is -0.475 e. The maximum Gasteiger partial charge on any atom is 0.280 e. The number of esters is 1. The molecule has 0 spiro atoms. The molecule has 1 aromatic carbocycles. The first-order valence-corrected chi connectivity index (χ1v) is 2.89. The van der Waals surface area contributed by atoms with Crippen molar-refractivity contribution < 1.29 is 30.6 Å². The molecular formula is C8H7O2W-. The van der Waals surface area contributed by atoms with Gasteiger partial charge in [0.1, 0.15) is 0 Å². The molecule has 0 aromatic heterocycles. The van der Waals surface area contributed by atoms with E-state index in [2.05, 4.69) is 10.8 Å². The molecule has 0 N–H and O–H groups in total. The van der Waals surface area contributed by atoms with E-state index < -0.39 is 0 Å². The van der Waals surface area contributed by atoms with Crippen LogP contribution in [0, 0.1) is 6.07 Å². The molecule has 1 rings (SSSR count). The third-order valence-electron chi connectivity index (χ3n) is 1.13. The number of carbonyl (C=O) groups is 1. The first-order valence-electron chi connectivity index (χ1n) is 2.89. The number of carbonyl (C=O) groups excluding carboxylic acids is 1. The van der Waals surface area contributed by atoms with E-state index in [1.54, 1.807) is 24.3 Å². The quantitative estimate of drug-likeness (QED) is 0.576. The van der Waals surface area contributed by atoms with Gasteiger partial charge in [-0.05, 0) is 0 Å². The largest absolute Gasteiger partial charge is 0.475 e. The second-order valence-corrected chi connectivity index (χ2v) is 1.78. The van der Waals surface area contributed by atoms with Crippen molar-refractivity contribution >= 4 is 5.97 Å². The van der Waals surface area contributed by atoms with Gasteiger partial charge >= 0.3 is 0 Å². The molecule has 0 saturated heterocycles. The van der Waals surface area contributed by atoms with Crippen molar-refractivity contribution in [1.29, 1.82) is 0 Å². The van der Waals surface area contributed by atoms with Gasteiger partial charge in [-0.2, -0.15) is 30.3 Å². The normalized spacial score (nSPS) is 8.09. The molecule has 0 aliphatic carbocycles. The van der Waals surface area contributed by atoms with Gasteiger partial charge in [0.15, 0.2) is 0 Å². The van der Waals surface area contributed by atoms with E-state index in [4.69, 9.17) is 0 Å². The average molecular weight is 319 g/mol.